The third-order valence-corrected chi connectivity index (χ3v) is 3.62. The van der Waals surface area contributed by atoms with Gasteiger partial charge in [0.05, 0.1) is 16.7 Å². The van der Waals surface area contributed by atoms with Crippen LogP contribution in [0.2, 0.25) is 0 Å². The Hall–Kier alpha value is -3.70. The van der Waals surface area contributed by atoms with Gasteiger partial charge >= 0.3 is 17.9 Å². The molecule has 4 aromatic rings. The Morgan fingerprint density at radius 3 is 0.818 bits per heavy atom. The Kier molecular flexibility index (Phi) is 15.9. The monoisotopic (exact) mass is 521 g/mol. The number of carboxylic acids is 3. The van der Waals surface area contributed by atoms with Gasteiger partial charge in [-0.25, -0.2) is 26.5 Å². The number of carbonyl (C=O) groups is 3. The van der Waals surface area contributed by atoms with E-state index in [-0.39, 0.29) is 26.2 Å². The number of hydrogen-bond acceptors (Lipinski definition) is 3. The van der Waals surface area contributed by atoms with Gasteiger partial charge in [0.25, 0.3) is 0 Å². The Morgan fingerprint density at radius 1 is 0.455 bits per heavy atom. The van der Waals surface area contributed by atoms with Crippen LogP contribution in [0.1, 0.15) is 31.1 Å². The predicted molar refractivity (Wildman–Crippen MR) is 122 cm³/mol. The average molecular weight is 523 g/mol. The zero-order chi connectivity index (χ0) is 23.6. The van der Waals surface area contributed by atoms with Gasteiger partial charge in [0.15, 0.2) is 0 Å². The van der Waals surface area contributed by atoms with Gasteiger partial charge in [-0.2, -0.15) is 18.2 Å². The van der Waals surface area contributed by atoms with Crippen molar-refractivity contribution in [3.8, 4) is 0 Å². The summed E-state index contributed by atoms with van der Waals surface area (Å²) >= 11 is 0. The van der Waals surface area contributed by atoms with E-state index >= 15 is 0 Å². The Balaban J connectivity index is 0.000000417. The molecule has 0 aromatic heterocycles. The molecule has 0 atom stereocenters. The topological polar surface area (TPSA) is 112 Å². The Bertz CT molecular complexity index is 899. The molecule has 0 unspecified atom stereocenters. The molecule has 0 aliphatic heterocycles. The summed E-state index contributed by atoms with van der Waals surface area (Å²) in [6, 6.07) is 34.9. The van der Waals surface area contributed by atoms with Crippen molar-refractivity contribution >= 4 is 17.9 Å². The van der Waals surface area contributed by atoms with Gasteiger partial charge in [0.1, 0.15) is 0 Å². The van der Waals surface area contributed by atoms with Crippen molar-refractivity contribution in [1.82, 2.24) is 0 Å². The predicted octanol–water partition coefficient (Wildman–Crippen LogP) is 5.56. The molecule has 4 rings (SSSR count). The van der Waals surface area contributed by atoms with Gasteiger partial charge < -0.3 is 15.3 Å². The van der Waals surface area contributed by atoms with Crippen LogP contribution in [-0.2, 0) is 26.2 Å². The van der Waals surface area contributed by atoms with Crippen molar-refractivity contribution in [3.05, 3.63) is 138 Å². The van der Waals surface area contributed by atoms with Gasteiger partial charge in [-0.05, 0) is 36.4 Å². The van der Waals surface area contributed by atoms with Gasteiger partial charge in [0.2, 0.25) is 0 Å². The summed E-state index contributed by atoms with van der Waals surface area (Å²) < 4.78 is 0. The number of rotatable bonds is 3. The zero-order valence-electron chi connectivity index (χ0n) is 17.6. The molecule has 0 amide bonds. The second-order valence-corrected chi connectivity index (χ2v) is 5.98. The minimum absolute atomic E-state index is 0. The van der Waals surface area contributed by atoms with E-state index in [1.54, 1.807) is 91.0 Å². The Morgan fingerprint density at radius 2 is 0.697 bits per heavy atom. The second-order valence-electron chi connectivity index (χ2n) is 5.98. The summed E-state index contributed by atoms with van der Waals surface area (Å²) in [6.07, 6.45) is 0. The minimum Gasteiger partial charge on any atom is -0.478 e. The van der Waals surface area contributed by atoms with Crippen LogP contribution < -0.4 is 0 Å². The van der Waals surface area contributed by atoms with E-state index < -0.39 is 17.9 Å². The van der Waals surface area contributed by atoms with Gasteiger partial charge in [0, 0.05) is 26.2 Å². The fourth-order valence-corrected chi connectivity index (χ4v) is 2.06. The van der Waals surface area contributed by atoms with Crippen LogP contribution in [-0.4, -0.2) is 33.2 Å². The number of benzene rings is 3. The van der Waals surface area contributed by atoms with E-state index in [4.69, 9.17) is 15.3 Å². The molecular weight excluding hydrogens is 500 g/mol. The van der Waals surface area contributed by atoms with Crippen molar-refractivity contribution in [3.63, 3.8) is 0 Å². The molecule has 33 heavy (non-hydrogen) atoms. The molecule has 0 radical (unpaired) electrons. The van der Waals surface area contributed by atoms with Crippen LogP contribution in [0.4, 0.5) is 0 Å². The van der Waals surface area contributed by atoms with Crippen molar-refractivity contribution in [1.29, 1.82) is 0 Å². The van der Waals surface area contributed by atoms with Crippen LogP contribution in [0.5, 0.6) is 0 Å². The first-order valence-corrected chi connectivity index (χ1v) is 9.43. The summed E-state index contributed by atoms with van der Waals surface area (Å²) in [6.45, 7) is 0. The van der Waals surface area contributed by atoms with Gasteiger partial charge in [-0.15, -0.1) is 0 Å². The number of aromatic carboxylic acids is 3. The molecule has 7 heteroatoms. The van der Waals surface area contributed by atoms with E-state index in [9.17, 15) is 14.4 Å². The fraction of sp³-hybridized carbons (Fsp3) is 0. The van der Waals surface area contributed by atoms with Crippen LogP contribution in [0, 0.1) is 0 Å². The van der Waals surface area contributed by atoms with Gasteiger partial charge in [-0.3, -0.25) is 0 Å². The minimum atomic E-state index is -0.879. The standard InChI is InChI=1S/3C7H6O2.C5H5.Zr/c3*8-7(9)6-4-2-1-3-5-6;1-2-4-5-3-1;/h3*1-5H,(H,8,9);1-5H;/q;;;-1;. The molecule has 0 aliphatic carbocycles. The molecule has 0 aliphatic rings. The summed E-state index contributed by atoms with van der Waals surface area (Å²) in [5.74, 6) is -2.64. The van der Waals surface area contributed by atoms with Crippen molar-refractivity contribution in [2.24, 2.45) is 0 Å². The molecule has 3 N–H and O–H groups in total. The third-order valence-electron chi connectivity index (χ3n) is 3.62. The van der Waals surface area contributed by atoms with Crippen molar-refractivity contribution in [2.45, 2.75) is 0 Å². The fourth-order valence-electron chi connectivity index (χ4n) is 2.06. The van der Waals surface area contributed by atoms with Crippen LogP contribution in [0.3, 0.4) is 0 Å². The molecule has 0 heterocycles. The summed E-state index contributed by atoms with van der Waals surface area (Å²) in [5, 5.41) is 25.2. The Labute approximate surface area is 211 Å². The average Bonchev–Trinajstić information content (AvgIpc) is 3.42. The summed E-state index contributed by atoms with van der Waals surface area (Å²) in [4.78, 5) is 30.6. The molecule has 0 bridgehead atoms. The van der Waals surface area contributed by atoms with Crippen LogP contribution >= 0.6 is 0 Å². The molecule has 0 saturated heterocycles. The van der Waals surface area contributed by atoms with Crippen molar-refractivity contribution < 1.29 is 55.9 Å². The normalized spacial score (nSPS) is 8.48. The molecular formula is C26H23O6Zr-. The van der Waals surface area contributed by atoms with E-state index in [0.717, 1.165) is 0 Å². The van der Waals surface area contributed by atoms with Gasteiger partial charge in [-0.1, -0.05) is 54.6 Å². The molecule has 168 valence electrons. The van der Waals surface area contributed by atoms with Crippen molar-refractivity contribution in [2.75, 3.05) is 0 Å². The maximum Gasteiger partial charge on any atom is 0.335 e. The first-order chi connectivity index (χ1) is 15.4. The van der Waals surface area contributed by atoms with E-state index in [1.807, 2.05) is 30.3 Å². The third kappa shape index (κ3) is 14.1. The molecule has 0 saturated carbocycles. The second kappa shape index (κ2) is 17.9. The van der Waals surface area contributed by atoms with E-state index in [1.165, 1.54) is 0 Å². The molecule has 6 nitrogen and oxygen atoms in total. The smallest absolute Gasteiger partial charge is 0.335 e. The molecule has 0 fully saturated rings. The SMILES string of the molecule is O=C(O)c1ccccc1.O=C(O)c1ccccc1.O=C(O)c1ccccc1.[Zr].c1cc[cH-]c1. The number of carboxylic acid groups (broad SMARTS) is 3. The first kappa shape index (κ1) is 29.3. The maximum atomic E-state index is 10.2. The zero-order valence-corrected chi connectivity index (χ0v) is 20.1. The van der Waals surface area contributed by atoms with E-state index in [2.05, 4.69) is 0 Å². The molecule has 0 spiro atoms. The molecule has 4 aromatic carbocycles. The van der Waals surface area contributed by atoms with E-state index in [0.29, 0.717) is 16.7 Å². The number of hydrogen-bond donors (Lipinski definition) is 3. The summed E-state index contributed by atoms with van der Waals surface area (Å²) in [7, 11) is 0. The largest absolute Gasteiger partial charge is 0.478 e. The van der Waals surface area contributed by atoms with Crippen LogP contribution in [0.15, 0.2) is 121 Å². The maximum absolute atomic E-state index is 10.2. The summed E-state index contributed by atoms with van der Waals surface area (Å²) in [5.41, 5.74) is 0.993. The van der Waals surface area contributed by atoms with Crippen LogP contribution in [0.25, 0.3) is 0 Å². The quantitative estimate of drug-likeness (QED) is 0.304. The first-order valence-electron chi connectivity index (χ1n) is 9.43.